The normalized spacial score (nSPS) is 18.9. The molecule has 0 fully saturated rings. The van der Waals surface area contributed by atoms with E-state index < -0.39 is 29.6 Å². The van der Waals surface area contributed by atoms with Gasteiger partial charge in [-0.1, -0.05) is 38.4 Å². The molecule has 3 rings (SSSR count). The number of nitrogens with zero attached hydrogens (tertiary/aromatic N) is 1. The fraction of sp³-hybridized carbons (Fsp3) is 0.407. The van der Waals surface area contributed by atoms with Gasteiger partial charge in [-0.15, -0.1) is 0 Å². The number of alkyl halides is 3. The average molecular weight is 524 g/mol. The summed E-state index contributed by atoms with van der Waals surface area (Å²) < 4.78 is 44.9. The lowest BCUT2D eigenvalue weighted by Gasteiger charge is -2.41. The van der Waals surface area contributed by atoms with Gasteiger partial charge >= 0.3 is 12.1 Å². The number of allylic oxidation sites excluding steroid dienone is 1. The molecule has 0 saturated carbocycles. The highest BCUT2D eigenvalue weighted by atomic mass is 35.5. The summed E-state index contributed by atoms with van der Waals surface area (Å²) >= 11 is 6.41. The molecule has 194 valence electrons. The average Bonchev–Trinajstić information content (AvgIpc) is 2.77. The number of carbonyl (C=O) groups excluding carboxylic acids is 1. The van der Waals surface area contributed by atoms with E-state index in [4.69, 9.17) is 21.4 Å². The van der Waals surface area contributed by atoms with Gasteiger partial charge in [0.25, 0.3) is 0 Å². The first kappa shape index (κ1) is 27.6. The predicted molar refractivity (Wildman–Crippen MR) is 133 cm³/mol. The third-order valence-electron chi connectivity index (χ3n) is 6.62. The lowest BCUT2D eigenvalue weighted by molar-refractivity contribution is -0.219. The van der Waals surface area contributed by atoms with E-state index in [2.05, 4.69) is 0 Å². The smallest absolute Gasteiger partial charge is 0.397 e. The molecule has 2 aromatic rings. The maximum atomic E-state index is 13.2. The first-order valence-corrected chi connectivity index (χ1v) is 11.8. The largest absolute Gasteiger partial charge is 0.491 e. The van der Waals surface area contributed by atoms with Gasteiger partial charge in [0.2, 0.25) is 5.91 Å². The van der Waals surface area contributed by atoms with Gasteiger partial charge < -0.3 is 9.84 Å². The Hall–Kier alpha value is -3.00. The fourth-order valence-corrected chi connectivity index (χ4v) is 4.42. The fourth-order valence-electron chi connectivity index (χ4n) is 4.18. The second-order valence-electron chi connectivity index (χ2n) is 10.2. The molecular formula is C27H29ClF3NO4. The van der Waals surface area contributed by atoms with Crippen LogP contribution in [0.2, 0.25) is 5.02 Å². The van der Waals surface area contributed by atoms with Crippen LogP contribution in [0.3, 0.4) is 0 Å². The summed E-state index contributed by atoms with van der Waals surface area (Å²) in [6.07, 6.45) is -2.53. The van der Waals surface area contributed by atoms with Crippen molar-refractivity contribution in [3.05, 3.63) is 70.4 Å². The van der Waals surface area contributed by atoms with Crippen LogP contribution in [0.25, 0.3) is 0 Å². The molecule has 5 nitrogen and oxygen atoms in total. The maximum Gasteiger partial charge on any atom is 0.397 e. The van der Waals surface area contributed by atoms with E-state index in [1.54, 1.807) is 30.5 Å². The summed E-state index contributed by atoms with van der Waals surface area (Å²) in [5.41, 5.74) is -0.389. The number of benzene rings is 2. The van der Waals surface area contributed by atoms with Crippen molar-refractivity contribution < 1.29 is 32.6 Å². The third-order valence-corrected chi connectivity index (χ3v) is 6.91. The Kier molecular flexibility index (Phi) is 7.51. The molecule has 0 unspecified atom stereocenters. The highest BCUT2D eigenvalue weighted by molar-refractivity contribution is 6.32. The highest BCUT2D eigenvalue weighted by Gasteiger charge is 2.48. The summed E-state index contributed by atoms with van der Waals surface area (Å²) in [5, 5.41) is 9.30. The summed E-state index contributed by atoms with van der Waals surface area (Å²) in [4.78, 5) is 25.9. The summed E-state index contributed by atoms with van der Waals surface area (Å²) in [7, 11) is 0. The van der Waals surface area contributed by atoms with Gasteiger partial charge in [0, 0.05) is 23.7 Å². The minimum Gasteiger partial charge on any atom is -0.491 e. The van der Waals surface area contributed by atoms with Gasteiger partial charge in [-0.05, 0) is 67.3 Å². The zero-order valence-electron chi connectivity index (χ0n) is 20.7. The number of halogens is 4. The van der Waals surface area contributed by atoms with Crippen LogP contribution >= 0.6 is 11.6 Å². The Morgan fingerprint density at radius 3 is 2.28 bits per heavy atom. The molecule has 0 bridgehead atoms. The zero-order valence-corrected chi connectivity index (χ0v) is 21.5. The van der Waals surface area contributed by atoms with Crippen LogP contribution in [-0.2, 0) is 10.2 Å². The quantitative estimate of drug-likeness (QED) is 0.415. The first-order chi connectivity index (χ1) is 16.6. The van der Waals surface area contributed by atoms with E-state index in [1.807, 2.05) is 20.8 Å². The van der Waals surface area contributed by atoms with Gasteiger partial charge in [-0.25, -0.2) is 4.79 Å². The van der Waals surface area contributed by atoms with E-state index >= 15 is 0 Å². The number of hydrogen-bond acceptors (Lipinski definition) is 3. The number of carboxylic acid groups (broad SMARTS) is 1. The number of amides is 1. The van der Waals surface area contributed by atoms with Gasteiger partial charge in [-0.3, -0.25) is 9.69 Å². The molecule has 36 heavy (non-hydrogen) atoms. The van der Waals surface area contributed by atoms with E-state index in [0.717, 1.165) is 25.0 Å². The number of aromatic carboxylic acids is 1. The van der Waals surface area contributed by atoms with Gasteiger partial charge in [-0.2, -0.15) is 13.2 Å². The molecule has 1 heterocycles. The Bertz CT molecular complexity index is 1190. The number of anilines is 1. The molecule has 0 aromatic heterocycles. The standard InChI is InChI=1S/C27H29ClF3NO4/c1-16(2)20-14-32(19-9-6-17(7-10-19)24(34)35)23(33)13-26(20,5)18-8-11-22(21(28)12-18)36-15-25(3,4)27(29,30)31/h6-12,14,16H,13,15H2,1-5H3,(H,34,35)/t26-/m0/s1. The minimum atomic E-state index is -4.42. The van der Waals surface area contributed by atoms with Crippen LogP contribution in [0.5, 0.6) is 5.75 Å². The molecule has 2 aromatic carbocycles. The minimum absolute atomic E-state index is 0.0474. The van der Waals surface area contributed by atoms with Crippen molar-refractivity contribution >= 4 is 29.2 Å². The summed E-state index contributed by atoms with van der Waals surface area (Å²) in [5.74, 6) is -1.05. The van der Waals surface area contributed by atoms with Gasteiger partial charge in [0.05, 0.1) is 16.0 Å². The van der Waals surface area contributed by atoms with Gasteiger partial charge in [0.1, 0.15) is 12.4 Å². The van der Waals surface area contributed by atoms with Gasteiger partial charge in [0.15, 0.2) is 0 Å². The molecular weight excluding hydrogens is 495 g/mol. The lowest BCUT2D eigenvalue weighted by atomic mass is 9.68. The Morgan fingerprint density at radius 2 is 1.78 bits per heavy atom. The van der Waals surface area contributed by atoms with Crippen molar-refractivity contribution in [3.8, 4) is 5.75 Å². The second kappa shape index (κ2) is 9.81. The van der Waals surface area contributed by atoms with Crippen LogP contribution in [0, 0.1) is 11.3 Å². The van der Waals surface area contributed by atoms with E-state index in [1.165, 1.54) is 23.1 Å². The monoisotopic (exact) mass is 523 g/mol. The van der Waals surface area contributed by atoms with Crippen molar-refractivity contribution in [1.29, 1.82) is 0 Å². The van der Waals surface area contributed by atoms with Crippen LogP contribution < -0.4 is 9.64 Å². The van der Waals surface area contributed by atoms with Crippen molar-refractivity contribution in [2.24, 2.45) is 11.3 Å². The number of carbonyl (C=O) groups is 2. The van der Waals surface area contributed by atoms with E-state index in [9.17, 15) is 22.8 Å². The lowest BCUT2D eigenvalue weighted by Crippen LogP contribution is -2.42. The summed E-state index contributed by atoms with van der Waals surface area (Å²) in [6, 6.07) is 11.0. The molecule has 0 aliphatic carbocycles. The topological polar surface area (TPSA) is 66.8 Å². The van der Waals surface area contributed by atoms with Crippen molar-refractivity contribution in [2.75, 3.05) is 11.5 Å². The van der Waals surface area contributed by atoms with Crippen molar-refractivity contribution in [3.63, 3.8) is 0 Å². The Morgan fingerprint density at radius 1 is 1.17 bits per heavy atom. The number of rotatable bonds is 7. The maximum absolute atomic E-state index is 13.2. The molecule has 1 aliphatic rings. The molecule has 0 spiro atoms. The molecule has 1 amide bonds. The van der Waals surface area contributed by atoms with E-state index in [-0.39, 0.29) is 34.6 Å². The van der Waals surface area contributed by atoms with Crippen molar-refractivity contribution in [1.82, 2.24) is 0 Å². The highest BCUT2D eigenvalue weighted by Crippen LogP contribution is 2.45. The zero-order chi connectivity index (χ0) is 27.1. The number of carboxylic acids is 1. The summed E-state index contributed by atoms with van der Waals surface area (Å²) in [6.45, 7) is 7.47. The van der Waals surface area contributed by atoms with E-state index in [0.29, 0.717) is 5.69 Å². The molecule has 1 atom stereocenters. The molecule has 1 N–H and O–H groups in total. The number of hydrogen-bond donors (Lipinski definition) is 1. The molecule has 0 saturated heterocycles. The van der Waals surface area contributed by atoms with Crippen LogP contribution in [-0.4, -0.2) is 29.8 Å². The number of ether oxygens (including phenoxy) is 1. The third kappa shape index (κ3) is 5.38. The van der Waals surface area contributed by atoms with Crippen LogP contribution in [0.1, 0.15) is 57.0 Å². The SMILES string of the molecule is CC(C)C1=CN(c2ccc(C(=O)O)cc2)C(=O)C[C@@]1(C)c1ccc(OCC(C)(C)C(F)(F)F)c(Cl)c1. The first-order valence-electron chi connectivity index (χ1n) is 11.4. The van der Waals surface area contributed by atoms with Crippen molar-refractivity contribution in [2.45, 2.75) is 52.6 Å². The predicted octanol–water partition coefficient (Wildman–Crippen LogP) is 7.24. The van der Waals surface area contributed by atoms with Crippen LogP contribution in [0.4, 0.5) is 18.9 Å². The molecule has 1 aliphatic heterocycles. The molecule has 0 radical (unpaired) electrons. The molecule has 9 heteroatoms. The van der Waals surface area contributed by atoms with Crippen LogP contribution in [0.15, 0.2) is 54.2 Å². The Balaban J connectivity index is 1.93. The second-order valence-corrected chi connectivity index (χ2v) is 10.6. The Labute approximate surface area is 213 Å².